The van der Waals surface area contributed by atoms with Gasteiger partial charge in [-0.1, -0.05) is 0 Å². The lowest BCUT2D eigenvalue weighted by Gasteiger charge is -2.31. The molecule has 1 aliphatic heterocycles. The van der Waals surface area contributed by atoms with Crippen LogP contribution in [0.25, 0.3) is 0 Å². The first-order valence-electron chi connectivity index (χ1n) is 8.30. The Balaban J connectivity index is 2.00. The van der Waals surface area contributed by atoms with Crippen molar-refractivity contribution >= 4 is 21.4 Å². The number of alkyl halides is 3. The molecule has 1 fully saturated rings. The first-order chi connectivity index (χ1) is 12.7. The Morgan fingerprint density at radius 3 is 2.56 bits per heavy atom. The molecule has 0 aliphatic carbocycles. The Morgan fingerprint density at radius 1 is 1.26 bits per heavy atom. The van der Waals surface area contributed by atoms with Crippen LogP contribution >= 0.6 is 0 Å². The summed E-state index contributed by atoms with van der Waals surface area (Å²) < 4.78 is 73.6. The van der Waals surface area contributed by atoms with E-state index in [4.69, 9.17) is 4.74 Å². The van der Waals surface area contributed by atoms with Crippen LogP contribution in [0.2, 0.25) is 0 Å². The second kappa shape index (κ2) is 7.39. The lowest BCUT2D eigenvalue weighted by molar-refractivity contribution is -0.137. The second-order valence-electron chi connectivity index (χ2n) is 5.97. The molecule has 3 rings (SSSR count). The summed E-state index contributed by atoms with van der Waals surface area (Å²) in [5.41, 5.74) is -0.685. The van der Waals surface area contributed by atoms with Crippen LogP contribution in [0.1, 0.15) is 12.5 Å². The van der Waals surface area contributed by atoms with Crippen molar-refractivity contribution in [2.75, 3.05) is 35.9 Å². The van der Waals surface area contributed by atoms with Gasteiger partial charge < -0.3 is 9.64 Å². The number of nitrogens with one attached hydrogen (secondary N) is 1. The summed E-state index contributed by atoms with van der Waals surface area (Å²) in [6, 6.07) is 3.03. The average Bonchev–Trinajstić information content (AvgIpc) is 3.11. The molecule has 1 saturated heterocycles. The van der Waals surface area contributed by atoms with E-state index in [1.807, 2.05) is 0 Å². The van der Waals surface area contributed by atoms with Gasteiger partial charge in [0.2, 0.25) is 0 Å². The third kappa shape index (κ3) is 4.35. The van der Waals surface area contributed by atoms with E-state index >= 15 is 0 Å². The number of hydrogen-bond donors (Lipinski definition) is 1. The zero-order chi connectivity index (χ0) is 19.7. The van der Waals surface area contributed by atoms with Crippen molar-refractivity contribution in [2.24, 2.45) is 0 Å². The summed E-state index contributed by atoms with van der Waals surface area (Å²) in [5, 5.41) is 3.90. The Labute approximate surface area is 154 Å². The highest BCUT2D eigenvalue weighted by molar-refractivity contribution is 7.92. The summed E-state index contributed by atoms with van der Waals surface area (Å²) in [7, 11) is -4.08. The molecular weight excluding hydrogens is 385 g/mol. The molecule has 11 heteroatoms. The third-order valence-corrected chi connectivity index (χ3v) is 5.48. The van der Waals surface area contributed by atoms with Crippen LogP contribution < -0.4 is 9.62 Å². The molecule has 1 aliphatic rings. The van der Waals surface area contributed by atoms with Crippen LogP contribution in [0.5, 0.6) is 0 Å². The van der Waals surface area contributed by atoms with Crippen LogP contribution in [0.15, 0.2) is 35.5 Å². The number of benzene rings is 1. The minimum atomic E-state index is -4.59. The zero-order valence-electron chi connectivity index (χ0n) is 14.5. The number of morpholine rings is 1. The molecule has 7 nitrogen and oxygen atoms in total. The average molecular weight is 404 g/mol. The normalized spacial score (nSPS) is 15.8. The molecule has 2 aromatic rings. The van der Waals surface area contributed by atoms with Crippen LogP contribution in [-0.2, 0) is 27.5 Å². The van der Waals surface area contributed by atoms with Gasteiger partial charge in [0, 0.05) is 25.8 Å². The van der Waals surface area contributed by atoms with Crippen molar-refractivity contribution in [2.45, 2.75) is 24.5 Å². The molecule has 0 unspecified atom stereocenters. The molecule has 1 N–H and O–H groups in total. The fourth-order valence-electron chi connectivity index (χ4n) is 2.73. The summed E-state index contributed by atoms with van der Waals surface area (Å²) in [5.74, 6) is 0. The largest absolute Gasteiger partial charge is 0.416 e. The van der Waals surface area contributed by atoms with Crippen LogP contribution in [-0.4, -0.2) is 44.5 Å². The zero-order valence-corrected chi connectivity index (χ0v) is 15.3. The topological polar surface area (TPSA) is 76.5 Å². The molecule has 0 spiro atoms. The molecule has 0 amide bonds. The van der Waals surface area contributed by atoms with Crippen LogP contribution in [0, 0.1) is 0 Å². The molecule has 148 valence electrons. The van der Waals surface area contributed by atoms with Gasteiger partial charge in [0.05, 0.1) is 36.3 Å². The van der Waals surface area contributed by atoms with Crippen molar-refractivity contribution in [3.63, 3.8) is 0 Å². The lowest BCUT2D eigenvalue weighted by atomic mass is 10.1. The first kappa shape index (κ1) is 19.5. The predicted octanol–water partition coefficient (Wildman–Crippen LogP) is 2.56. The highest BCUT2D eigenvalue weighted by atomic mass is 32.2. The first-order valence-corrected chi connectivity index (χ1v) is 9.78. The highest BCUT2D eigenvalue weighted by Gasteiger charge is 2.32. The fourth-order valence-corrected chi connectivity index (χ4v) is 3.75. The van der Waals surface area contributed by atoms with E-state index in [9.17, 15) is 21.6 Å². The maximum Gasteiger partial charge on any atom is 0.416 e. The molecule has 0 saturated carbocycles. The molecule has 0 radical (unpaired) electrons. The van der Waals surface area contributed by atoms with Gasteiger partial charge in [0.1, 0.15) is 4.90 Å². The minimum absolute atomic E-state index is 0.116. The summed E-state index contributed by atoms with van der Waals surface area (Å²) >= 11 is 0. The Bertz CT molecular complexity index is 906. The molecular formula is C16H19F3N4O3S. The standard InChI is InChI=1S/C16H19F3N4O3S/c1-2-23-11-13(10-20-23)27(24,25)21-14-9-12(16(17,18)19)3-4-15(14)22-5-7-26-8-6-22/h3-4,9-11,21H,2,5-8H2,1H3. The monoisotopic (exact) mass is 404 g/mol. The summed E-state index contributed by atoms with van der Waals surface area (Å²) in [4.78, 5) is 1.67. The maximum absolute atomic E-state index is 13.1. The number of rotatable bonds is 5. The maximum atomic E-state index is 13.1. The second-order valence-corrected chi connectivity index (χ2v) is 7.65. The number of hydrogen-bond acceptors (Lipinski definition) is 5. The minimum Gasteiger partial charge on any atom is -0.378 e. The van der Waals surface area contributed by atoms with Gasteiger partial charge in [-0.25, -0.2) is 8.42 Å². The van der Waals surface area contributed by atoms with E-state index in [0.29, 0.717) is 38.5 Å². The summed E-state index contributed by atoms with van der Waals surface area (Å²) in [6.07, 6.45) is -2.10. The van der Waals surface area contributed by atoms with Crippen molar-refractivity contribution < 1.29 is 26.3 Å². The predicted molar refractivity (Wildman–Crippen MR) is 93.2 cm³/mol. The smallest absolute Gasteiger partial charge is 0.378 e. The molecule has 1 aromatic heterocycles. The number of ether oxygens (including phenoxy) is 1. The van der Waals surface area contributed by atoms with E-state index in [1.54, 1.807) is 11.8 Å². The van der Waals surface area contributed by atoms with Crippen LogP contribution in [0.4, 0.5) is 24.5 Å². The number of anilines is 2. The van der Waals surface area contributed by atoms with Gasteiger partial charge in [-0.15, -0.1) is 0 Å². The molecule has 27 heavy (non-hydrogen) atoms. The van der Waals surface area contributed by atoms with Crippen molar-refractivity contribution in [3.8, 4) is 0 Å². The van der Waals surface area contributed by atoms with Gasteiger partial charge in [-0.3, -0.25) is 9.40 Å². The Morgan fingerprint density at radius 2 is 1.96 bits per heavy atom. The van der Waals surface area contributed by atoms with Crippen LogP contribution in [0.3, 0.4) is 0 Å². The Hall–Kier alpha value is -2.27. The Kier molecular flexibility index (Phi) is 5.33. The molecule has 0 atom stereocenters. The van der Waals surface area contributed by atoms with E-state index in [1.165, 1.54) is 16.9 Å². The number of nitrogens with zero attached hydrogens (tertiary/aromatic N) is 3. The van der Waals surface area contributed by atoms with E-state index in [-0.39, 0.29) is 10.6 Å². The lowest BCUT2D eigenvalue weighted by Crippen LogP contribution is -2.36. The van der Waals surface area contributed by atoms with Gasteiger partial charge >= 0.3 is 6.18 Å². The summed E-state index contributed by atoms with van der Waals surface area (Å²) in [6.45, 7) is 3.99. The van der Waals surface area contributed by atoms with Crippen molar-refractivity contribution in [1.82, 2.24) is 9.78 Å². The quantitative estimate of drug-likeness (QED) is 0.829. The number of aryl methyl sites for hydroxylation is 1. The van der Waals surface area contributed by atoms with E-state index in [2.05, 4.69) is 9.82 Å². The SMILES string of the molecule is CCn1cc(S(=O)(=O)Nc2cc(C(F)(F)F)ccc2N2CCOCC2)cn1. The molecule has 0 bridgehead atoms. The number of aromatic nitrogens is 2. The highest BCUT2D eigenvalue weighted by Crippen LogP contribution is 2.36. The van der Waals surface area contributed by atoms with E-state index < -0.39 is 21.8 Å². The van der Waals surface area contributed by atoms with Crippen molar-refractivity contribution in [1.29, 1.82) is 0 Å². The fraction of sp³-hybridized carbons (Fsp3) is 0.438. The van der Waals surface area contributed by atoms with Crippen molar-refractivity contribution in [3.05, 3.63) is 36.2 Å². The van der Waals surface area contributed by atoms with Gasteiger partial charge in [0.15, 0.2) is 0 Å². The van der Waals surface area contributed by atoms with E-state index in [0.717, 1.165) is 18.3 Å². The van der Waals surface area contributed by atoms with Gasteiger partial charge in [0.25, 0.3) is 10.0 Å². The van der Waals surface area contributed by atoms with Gasteiger partial charge in [-0.05, 0) is 25.1 Å². The number of sulfonamides is 1. The molecule has 1 aromatic carbocycles. The van der Waals surface area contributed by atoms with Gasteiger partial charge in [-0.2, -0.15) is 18.3 Å². The third-order valence-electron chi connectivity index (χ3n) is 4.16. The number of halogens is 3. The molecule has 2 heterocycles.